The molecule has 1 amide bonds. The van der Waals surface area contributed by atoms with Crippen molar-refractivity contribution in [3.63, 3.8) is 0 Å². The van der Waals surface area contributed by atoms with E-state index in [4.69, 9.17) is 9.72 Å². The highest BCUT2D eigenvalue weighted by Gasteiger charge is 2.24. The first-order valence-corrected chi connectivity index (χ1v) is 15.9. The Labute approximate surface area is 260 Å². The summed E-state index contributed by atoms with van der Waals surface area (Å²) in [4.78, 5) is 30.6. The van der Waals surface area contributed by atoms with Crippen molar-refractivity contribution < 1.29 is 23.1 Å². The Morgan fingerprint density at radius 1 is 0.956 bits per heavy atom. The van der Waals surface area contributed by atoms with E-state index >= 15 is 0 Å². The summed E-state index contributed by atoms with van der Waals surface area (Å²) in [6, 6.07) is 19.1. The maximum Gasteiger partial charge on any atom is 0.407 e. The number of sulfonamides is 1. The number of nitrogens with one attached hydrogen (secondary N) is 2. The zero-order valence-corrected chi connectivity index (χ0v) is 25.5. The van der Waals surface area contributed by atoms with Gasteiger partial charge in [0.25, 0.3) is 10.0 Å². The molecular weight excluding hydrogens is 594 g/mol. The summed E-state index contributed by atoms with van der Waals surface area (Å²) in [5.41, 5.74) is 3.00. The number of carbonyl (C=O) groups is 1. The summed E-state index contributed by atoms with van der Waals surface area (Å²) in [5.74, 6) is 1.20. The molecule has 1 aliphatic rings. The molecule has 1 atom stereocenters. The first-order valence-electron chi connectivity index (χ1n) is 14.4. The molecule has 1 fully saturated rings. The number of nitrogens with zero attached hydrogens (tertiary/aromatic N) is 5. The Balaban J connectivity index is 1.30. The van der Waals surface area contributed by atoms with E-state index in [1.807, 2.05) is 31.2 Å². The molecule has 6 rings (SSSR count). The van der Waals surface area contributed by atoms with Crippen molar-refractivity contribution in [1.82, 2.24) is 24.8 Å². The van der Waals surface area contributed by atoms with Crippen molar-refractivity contribution in [2.75, 3.05) is 23.1 Å². The van der Waals surface area contributed by atoms with Gasteiger partial charge in [0, 0.05) is 48.0 Å². The fraction of sp³-hybridized carbons (Fsp3) is 0.219. The van der Waals surface area contributed by atoms with E-state index in [1.54, 1.807) is 55.7 Å². The zero-order chi connectivity index (χ0) is 31.6. The maximum atomic E-state index is 13.2. The molecule has 230 valence electrons. The quantitative estimate of drug-likeness (QED) is 0.191. The van der Waals surface area contributed by atoms with Crippen LogP contribution < -0.4 is 14.8 Å². The van der Waals surface area contributed by atoms with Gasteiger partial charge in [-0.15, -0.1) is 0 Å². The van der Waals surface area contributed by atoms with Crippen molar-refractivity contribution in [2.24, 2.45) is 0 Å². The average Bonchev–Trinajstić information content (AvgIpc) is 3.03. The van der Waals surface area contributed by atoms with Crippen LogP contribution in [0.1, 0.15) is 24.1 Å². The highest BCUT2D eigenvalue weighted by molar-refractivity contribution is 7.92. The van der Waals surface area contributed by atoms with Gasteiger partial charge in [0.05, 0.1) is 16.9 Å². The van der Waals surface area contributed by atoms with Gasteiger partial charge in [-0.3, -0.25) is 4.72 Å². The van der Waals surface area contributed by atoms with E-state index in [-0.39, 0.29) is 11.1 Å². The van der Waals surface area contributed by atoms with E-state index < -0.39 is 16.1 Å². The number of likely N-dealkylation sites (tertiary alicyclic amines) is 1. The number of aryl methyl sites for hydroxylation is 2. The fourth-order valence-corrected chi connectivity index (χ4v) is 6.42. The number of carboxylic acid groups (broad SMARTS) is 1. The molecule has 3 N–H and O–H groups in total. The lowest BCUT2D eigenvalue weighted by atomic mass is 10.0. The highest BCUT2D eigenvalue weighted by atomic mass is 32.2. The largest absolute Gasteiger partial charge is 0.465 e. The first-order chi connectivity index (χ1) is 21.7. The minimum atomic E-state index is -3.94. The summed E-state index contributed by atoms with van der Waals surface area (Å²) in [6.45, 7) is 4.50. The molecule has 0 bridgehead atoms. The lowest BCUT2D eigenvalue weighted by Gasteiger charge is -2.31. The SMILES string of the molecule is Cc1cccc(S(=O)(=O)Nc2cccc3c(Oc4ncccc4-c4ccnc(NC5CCCN(C(=O)O)C5)n4)c(C)ccc23)n1. The lowest BCUT2D eigenvalue weighted by Crippen LogP contribution is -2.44. The number of hydrogen-bond acceptors (Lipinski definition) is 9. The number of hydrogen-bond donors (Lipinski definition) is 3. The van der Waals surface area contributed by atoms with Crippen LogP contribution in [0.25, 0.3) is 22.0 Å². The van der Waals surface area contributed by atoms with E-state index in [0.717, 1.165) is 18.4 Å². The molecule has 0 radical (unpaired) electrons. The monoisotopic (exact) mass is 625 g/mol. The van der Waals surface area contributed by atoms with Gasteiger partial charge in [-0.1, -0.05) is 30.3 Å². The number of rotatable bonds is 8. The second-order valence-corrected chi connectivity index (χ2v) is 12.4. The Morgan fingerprint density at radius 2 is 1.80 bits per heavy atom. The molecule has 0 aliphatic carbocycles. The Kier molecular flexibility index (Phi) is 8.18. The Morgan fingerprint density at radius 3 is 2.62 bits per heavy atom. The second-order valence-electron chi connectivity index (χ2n) is 10.8. The van der Waals surface area contributed by atoms with Crippen molar-refractivity contribution in [3.8, 4) is 22.9 Å². The fourth-order valence-electron chi connectivity index (χ4n) is 5.32. The molecule has 2 aromatic carbocycles. The third-order valence-corrected chi connectivity index (χ3v) is 8.78. The summed E-state index contributed by atoms with van der Waals surface area (Å²) in [5, 5.41) is 13.9. The maximum absolute atomic E-state index is 13.2. The molecule has 3 aromatic heterocycles. The number of benzene rings is 2. The molecule has 45 heavy (non-hydrogen) atoms. The van der Waals surface area contributed by atoms with Crippen LogP contribution in [0.3, 0.4) is 0 Å². The van der Waals surface area contributed by atoms with Gasteiger partial charge in [0.15, 0.2) is 5.03 Å². The third kappa shape index (κ3) is 6.48. The van der Waals surface area contributed by atoms with Crippen LogP contribution in [-0.4, -0.2) is 63.6 Å². The summed E-state index contributed by atoms with van der Waals surface area (Å²) >= 11 is 0. The normalized spacial score (nSPS) is 15.1. The molecule has 1 unspecified atom stereocenters. The standard InChI is InChI=1S/C32H31N7O5S/c1-20-13-14-23-24(9-4-11-27(23)38-45(42,43)28-12-3-7-21(2)35-28)29(20)44-30-25(10-5-16-33-30)26-15-17-34-31(37-26)36-22-8-6-18-39(19-22)32(40)41/h3-5,7,9-17,22,38H,6,8,18-19H2,1-2H3,(H,40,41)(H,34,36,37). The summed E-state index contributed by atoms with van der Waals surface area (Å²) in [7, 11) is -3.94. The van der Waals surface area contributed by atoms with E-state index in [1.165, 1.54) is 11.0 Å². The molecule has 4 heterocycles. The van der Waals surface area contributed by atoms with Crippen LogP contribution in [0.2, 0.25) is 0 Å². The van der Waals surface area contributed by atoms with Crippen molar-refractivity contribution in [3.05, 3.63) is 90.4 Å². The molecule has 13 heteroatoms. The predicted octanol–water partition coefficient (Wildman–Crippen LogP) is 5.85. The number of aromatic nitrogens is 4. The van der Waals surface area contributed by atoms with E-state index in [0.29, 0.717) is 64.1 Å². The molecule has 12 nitrogen and oxygen atoms in total. The molecule has 0 spiro atoms. The number of fused-ring (bicyclic) bond motifs is 1. The zero-order valence-electron chi connectivity index (χ0n) is 24.6. The van der Waals surface area contributed by atoms with Gasteiger partial charge >= 0.3 is 6.09 Å². The van der Waals surface area contributed by atoms with Crippen LogP contribution in [0.15, 0.2) is 84.1 Å². The smallest absolute Gasteiger partial charge is 0.407 e. The predicted molar refractivity (Wildman–Crippen MR) is 170 cm³/mol. The lowest BCUT2D eigenvalue weighted by molar-refractivity contribution is 0.132. The van der Waals surface area contributed by atoms with E-state index in [2.05, 4.69) is 25.0 Å². The van der Waals surface area contributed by atoms with Gasteiger partial charge < -0.3 is 20.1 Å². The van der Waals surface area contributed by atoms with Crippen LogP contribution >= 0.6 is 0 Å². The molecule has 5 aromatic rings. The summed E-state index contributed by atoms with van der Waals surface area (Å²) < 4.78 is 35.5. The molecule has 1 aliphatic heterocycles. The van der Waals surface area contributed by atoms with Gasteiger partial charge in [-0.05, 0) is 68.7 Å². The second kappa shape index (κ2) is 12.4. The number of anilines is 2. The van der Waals surface area contributed by atoms with Crippen molar-refractivity contribution in [1.29, 1.82) is 0 Å². The summed E-state index contributed by atoms with van der Waals surface area (Å²) in [6.07, 6.45) is 3.87. The molecule has 0 saturated carbocycles. The number of piperidine rings is 1. The minimum absolute atomic E-state index is 0.0670. The van der Waals surface area contributed by atoms with Gasteiger partial charge in [0.1, 0.15) is 5.75 Å². The van der Waals surface area contributed by atoms with Crippen LogP contribution in [0, 0.1) is 13.8 Å². The first kappa shape index (κ1) is 29.8. The third-order valence-electron chi connectivity index (χ3n) is 7.52. The van der Waals surface area contributed by atoms with Crippen LogP contribution in [0.5, 0.6) is 11.6 Å². The molecule has 1 saturated heterocycles. The van der Waals surface area contributed by atoms with Gasteiger partial charge in [0.2, 0.25) is 11.8 Å². The van der Waals surface area contributed by atoms with Gasteiger partial charge in [-0.2, -0.15) is 8.42 Å². The molecular formula is C32H31N7O5S. The van der Waals surface area contributed by atoms with Crippen LogP contribution in [0.4, 0.5) is 16.4 Å². The number of ether oxygens (including phenoxy) is 1. The Hall–Kier alpha value is -5.30. The van der Waals surface area contributed by atoms with Crippen LogP contribution in [-0.2, 0) is 10.0 Å². The topological polar surface area (TPSA) is 160 Å². The number of amides is 1. The average molecular weight is 626 g/mol. The van der Waals surface area contributed by atoms with Crippen molar-refractivity contribution >= 4 is 38.5 Å². The van der Waals surface area contributed by atoms with Crippen molar-refractivity contribution in [2.45, 2.75) is 37.8 Å². The van der Waals surface area contributed by atoms with Gasteiger partial charge in [-0.25, -0.2) is 24.7 Å². The highest BCUT2D eigenvalue weighted by Crippen LogP contribution is 2.39. The minimum Gasteiger partial charge on any atom is -0.465 e. The Bertz CT molecular complexity index is 2000. The number of pyridine rings is 2. The van der Waals surface area contributed by atoms with E-state index in [9.17, 15) is 18.3 Å².